The van der Waals surface area contributed by atoms with Gasteiger partial charge in [-0.2, -0.15) is 0 Å². The first kappa shape index (κ1) is 9.19. The Morgan fingerprint density at radius 2 is 2.31 bits per heavy atom. The van der Waals surface area contributed by atoms with Crippen LogP contribution in [0.1, 0.15) is 30.0 Å². The summed E-state index contributed by atoms with van der Waals surface area (Å²) >= 11 is 3.57. The third kappa shape index (κ3) is 1.64. The maximum Gasteiger partial charge on any atom is 0.0463 e. The van der Waals surface area contributed by atoms with Crippen molar-refractivity contribution in [1.29, 1.82) is 0 Å². The molecule has 1 aromatic carbocycles. The van der Waals surface area contributed by atoms with E-state index in [9.17, 15) is 0 Å². The van der Waals surface area contributed by atoms with E-state index in [1.54, 1.807) is 0 Å². The lowest BCUT2D eigenvalue weighted by molar-refractivity contribution is 0.471. The molecule has 1 atom stereocenters. The molecule has 0 radical (unpaired) electrons. The first-order valence-electron chi connectivity index (χ1n) is 4.56. The van der Waals surface area contributed by atoms with E-state index in [1.807, 2.05) is 0 Å². The third-order valence-corrected chi connectivity index (χ3v) is 3.39. The van der Waals surface area contributed by atoms with E-state index in [4.69, 9.17) is 5.84 Å². The molecule has 1 unspecified atom stereocenters. The van der Waals surface area contributed by atoms with Gasteiger partial charge in [0.2, 0.25) is 0 Å². The highest BCUT2D eigenvalue weighted by Gasteiger charge is 2.19. The molecule has 0 amide bonds. The normalized spacial score (nSPS) is 21.2. The number of hydrogen-bond donors (Lipinski definition) is 2. The minimum absolute atomic E-state index is 0.334. The maximum absolute atomic E-state index is 5.50. The Morgan fingerprint density at radius 1 is 1.46 bits per heavy atom. The molecule has 1 aliphatic carbocycles. The monoisotopic (exact) mass is 240 g/mol. The van der Waals surface area contributed by atoms with Gasteiger partial charge in [0.15, 0.2) is 0 Å². The van der Waals surface area contributed by atoms with Crippen LogP contribution in [0.15, 0.2) is 22.7 Å². The van der Waals surface area contributed by atoms with E-state index in [2.05, 4.69) is 39.6 Å². The summed E-state index contributed by atoms with van der Waals surface area (Å²) in [5, 5.41) is 0. The van der Waals surface area contributed by atoms with E-state index < -0.39 is 0 Å². The zero-order valence-corrected chi connectivity index (χ0v) is 8.97. The Kier molecular flexibility index (Phi) is 2.67. The predicted octanol–water partition coefficient (Wildman–Crippen LogP) is 2.29. The molecule has 0 saturated carbocycles. The van der Waals surface area contributed by atoms with Gasteiger partial charge >= 0.3 is 0 Å². The number of rotatable bonds is 1. The van der Waals surface area contributed by atoms with Gasteiger partial charge in [0.1, 0.15) is 0 Å². The Hall–Kier alpha value is -0.380. The summed E-state index contributed by atoms with van der Waals surface area (Å²) in [5.74, 6) is 5.50. The zero-order chi connectivity index (χ0) is 9.26. The lowest BCUT2D eigenvalue weighted by Crippen LogP contribution is -2.30. The molecular formula is C10H13BrN2. The predicted molar refractivity (Wildman–Crippen MR) is 57.1 cm³/mol. The molecule has 1 aliphatic rings. The third-order valence-electron chi connectivity index (χ3n) is 2.65. The molecule has 0 aliphatic heterocycles. The van der Waals surface area contributed by atoms with E-state index in [0.717, 1.165) is 12.8 Å². The van der Waals surface area contributed by atoms with E-state index in [1.165, 1.54) is 22.0 Å². The Balaban J connectivity index is 2.45. The van der Waals surface area contributed by atoms with Gasteiger partial charge in [-0.1, -0.05) is 28.1 Å². The van der Waals surface area contributed by atoms with Gasteiger partial charge in [0, 0.05) is 10.5 Å². The lowest BCUT2D eigenvalue weighted by atomic mass is 9.88. The molecule has 13 heavy (non-hydrogen) atoms. The van der Waals surface area contributed by atoms with Crippen LogP contribution in [0.5, 0.6) is 0 Å². The maximum atomic E-state index is 5.50. The summed E-state index contributed by atoms with van der Waals surface area (Å²) in [4.78, 5) is 0. The number of benzene rings is 1. The van der Waals surface area contributed by atoms with Crippen molar-refractivity contribution >= 4 is 15.9 Å². The summed E-state index contributed by atoms with van der Waals surface area (Å²) in [6, 6.07) is 6.65. The molecule has 2 nitrogen and oxygen atoms in total. The molecule has 0 bridgehead atoms. The zero-order valence-electron chi connectivity index (χ0n) is 7.39. The second-order valence-corrected chi connectivity index (χ2v) is 4.27. The molecule has 0 heterocycles. The average molecular weight is 241 g/mol. The van der Waals surface area contributed by atoms with Crippen LogP contribution < -0.4 is 11.3 Å². The molecule has 2 rings (SSSR count). The average Bonchev–Trinajstić information content (AvgIpc) is 2.18. The molecule has 70 valence electrons. The molecule has 0 saturated heterocycles. The topological polar surface area (TPSA) is 38.0 Å². The molecule has 3 N–H and O–H groups in total. The van der Waals surface area contributed by atoms with Gasteiger partial charge in [0.25, 0.3) is 0 Å². The molecule has 3 heteroatoms. The minimum Gasteiger partial charge on any atom is -0.271 e. The molecule has 0 spiro atoms. The van der Waals surface area contributed by atoms with Crippen LogP contribution in [0, 0.1) is 0 Å². The standard InChI is InChI=1S/C10H13BrN2/c11-9-5-1-4-8-7(9)3-2-6-10(8)13-12/h1,4-5,10,13H,2-3,6,12H2. The number of halogens is 1. The largest absolute Gasteiger partial charge is 0.271 e. The van der Waals surface area contributed by atoms with Crippen LogP contribution in [0.3, 0.4) is 0 Å². The van der Waals surface area contributed by atoms with Crippen molar-refractivity contribution in [3.63, 3.8) is 0 Å². The van der Waals surface area contributed by atoms with Crippen LogP contribution >= 0.6 is 15.9 Å². The highest BCUT2D eigenvalue weighted by molar-refractivity contribution is 9.10. The quantitative estimate of drug-likeness (QED) is 0.584. The highest BCUT2D eigenvalue weighted by atomic mass is 79.9. The SMILES string of the molecule is NNC1CCCc2c(Br)cccc21. The lowest BCUT2D eigenvalue weighted by Gasteiger charge is -2.25. The molecule has 0 aromatic heterocycles. The van der Waals surface area contributed by atoms with Gasteiger partial charge in [0.05, 0.1) is 0 Å². The van der Waals surface area contributed by atoms with E-state index in [-0.39, 0.29) is 0 Å². The Morgan fingerprint density at radius 3 is 3.08 bits per heavy atom. The highest BCUT2D eigenvalue weighted by Crippen LogP contribution is 2.33. The molecule has 1 aromatic rings. The summed E-state index contributed by atoms with van der Waals surface area (Å²) in [6.45, 7) is 0. The minimum atomic E-state index is 0.334. The van der Waals surface area contributed by atoms with Gasteiger partial charge < -0.3 is 0 Å². The van der Waals surface area contributed by atoms with E-state index >= 15 is 0 Å². The van der Waals surface area contributed by atoms with Gasteiger partial charge in [-0.15, -0.1) is 0 Å². The van der Waals surface area contributed by atoms with Gasteiger partial charge in [-0.05, 0) is 36.5 Å². The smallest absolute Gasteiger partial charge is 0.0463 e. The van der Waals surface area contributed by atoms with Crippen molar-refractivity contribution in [2.75, 3.05) is 0 Å². The van der Waals surface area contributed by atoms with Gasteiger partial charge in [-0.3, -0.25) is 11.3 Å². The molecular weight excluding hydrogens is 228 g/mol. The van der Waals surface area contributed by atoms with Crippen molar-refractivity contribution in [3.05, 3.63) is 33.8 Å². The second-order valence-electron chi connectivity index (χ2n) is 3.42. The molecule has 0 fully saturated rings. The van der Waals surface area contributed by atoms with Crippen LogP contribution in [0.4, 0.5) is 0 Å². The van der Waals surface area contributed by atoms with Crippen molar-refractivity contribution in [3.8, 4) is 0 Å². The summed E-state index contributed by atoms with van der Waals surface area (Å²) < 4.78 is 1.21. The fourth-order valence-electron chi connectivity index (χ4n) is 1.98. The van der Waals surface area contributed by atoms with Crippen molar-refractivity contribution in [2.45, 2.75) is 25.3 Å². The fraction of sp³-hybridized carbons (Fsp3) is 0.400. The van der Waals surface area contributed by atoms with Crippen molar-refractivity contribution in [2.24, 2.45) is 5.84 Å². The van der Waals surface area contributed by atoms with Crippen LogP contribution in [0.25, 0.3) is 0 Å². The fourth-order valence-corrected chi connectivity index (χ4v) is 2.56. The number of hydrazine groups is 1. The number of hydrogen-bond acceptors (Lipinski definition) is 2. The number of nitrogens with one attached hydrogen (secondary N) is 1. The van der Waals surface area contributed by atoms with E-state index in [0.29, 0.717) is 6.04 Å². The van der Waals surface area contributed by atoms with Crippen molar-refractivity contribution < 1.29 is 0 Å². The Labute approximate surface area is 86.6 Å². The summed E-state index contributed by atoms with van der Waals surface area (Å²) in [6.07, 6.45) is 3.51. The van der Waals surface area contributed by atoms with Crippen LogP contribution in [0.2, 0.25) is 0 Å². The number of fused-ring (bicyclic) bond motifs is 1. The van der Waals surface area contributed by atoms with Crippen LogP contribution in [-0.2, 0) is 6.42 Å². The first-order valence-corrected chi connectivity index (χ1v) is 5.35. The number of nitrogens with two attached hydrogens (primary N) is 1. The van der Waals surface area contributed by atoms with Crippen molar-refractivity contribution in [1.82, 2.24) is 5.43 Å². The summed E-state index contributed by atoms with van der Waals surface area (Å²) in [7, 11) is 0. The Bertz CT molecular complexity index is 312. The van der Waals surface area contributed by atoms with Gasteiger partial charge in [-0.25, -0.2) is 0 Å². The summed E-state index contributed by atoms with van der Waals surface area (Å²) in [5.41, 5.74) is 5.63. The second kappa shape index (κ2) is 3.78. The van der Waals surface area contributed by atoms with Crippen LogP contribution in [-0.4, -0.2) is 0 Å². The first-order chi connectivity index (χ1) is 6.33.